The average molecular weight is 291 g/mol. The Kier molecular flexibility index (Phi) is 3.78. The van der Waals surface area contributed by atoms with Gasteiger partial charge in [0.2, 0.25) is 0 Å². The maximum Gasteiger partial charge on any atom is 0.166 e. The van der Waals surface area contributed by atoms with Gasteiger partial charge >= 0.3 is 0 Å². The zero-order valence-corrected chi connectivity index (χ0v) is 12.7. The second kappa shape index (κ2) is 5.41. The molecule has 1 spiro atoms. The van der Waals surface area contributed by atoms with E-state index >= 15 is 0 Å². The summed E-state index contributed by atoms with van der Waals surface area (Å²) in [5.41, 5.74) is 8.29. The van der Waals surface area contributed by atoms with Gasteiger partial charge in [-0.1, -0.05) is 12.1 Å². The highest BCUT2D eigenvalue weighted by Crippen LogP contribution is 2.41. The molecule has 4 heteroatoms. The number of hydrogen-bond acceptors (Lipinski definition) is 4. The standard InChI is InChI=1S/C16H21NO2S/c1-11-13(3-2-4-14(11)17)15(18)12-5-7-19-16(9-12)6-8-20-10-16/h2-4,12H,5-10,17H2,1H3. The summed E-state index contributed by atoms with van der Waals surface area (Å²) in [4.78, 5) is 12.8. The van der Waals surface area contributed by atoms with Gasteiger partial charge < -0.3 is 10.5 Å². The maximum atomic E-state index is 12.8. The van der Waals surface area contributed by atoms with Crippen molar-refractivity contribution >= 4 is 23.2 Å². The van der Waals surface area contributed by atoms with E-state index < -0.39 is 0 Å². The van der Waals surface area contributed by atoms with Crippen molar-refractivity contribution in [2.45, 2.75) is 31.8 Å². The molecule has 2 N–H and O–H groups in total. The molecule has 1 aromatic carbocycles. The monoisotopic (exact) mass is 291 g/mol. The molecule has 2 aliphatic rings. The Hall–Kier alpha value is -1.00. The quantitative estimate of drug-likeness (QED) is 0.672. The third-order valence-corrected chi connectivity index (χ3v) is 5.80. The minimum absolute atomic E-state index is 0.0442. The first-order valence-corrected chi connectivity index (χ1v) is 8.38. The first kappa shape index (κ1) is 14.0. The fourth-order valence-electron chi connectivity index (χ4n) is 3.26. The Morgan fingerprint density at radius 3 is 3.10 bits per heavy atom. The summed E-state index contributed by atoms with van der Waals surface area (Å²) in [5, 5.41) is 0. The van der Waals surface area contributed by atoms with E-state index in [1.165, 1.54) is 0 Å². The normalized spacial score (nSPS) is 29.8. The molecule has 0 aromatic heterocycles. The number of carbonyl (C=O) groups excluding carboxylic acids is 1. The SMILES string of the molecule is Cc1c(N)cccc1C(=O)C1CCOC2(CCSC2)C1. The molecule has 3 rings (SSSR count). The van der Waals surface area contributed by atoms with Gasteiger partial charge in [0.25, 0.3) is 0 Å². The predicted octanol–water partition coefficient (Wildman–Crippen LogP) is 3.06. The van der Waals surface area contributed by atoms with Crippen LogP contribution < -0.4 is 5.73 Å². The number of hydrogen-bond donors (Lipinski definition) is 1. The van der Waals surface area contributed by atoms with E-state index in [9.17, 15) is 4.79 Å². The Bertz CT molecular complexity index is 523. The molecule has 2 aliphatic heterocycles. The summed E-state index contributed by atoms with van der Waals surface area (Å²) in [6.45, 7) is 2.64. The van der Waals surface area contributed by atoms with Gasteiger partial charge in [0, 0.05) is 29.5 Å². The first-order chi connectivity index (χ1) is 9.61. The molecule has 2 saturated heterocycles. The van der Waals surface area contributed by atoms with Crippen LogP contribution in [-0.2, 0) is 4.74 Å². The molecule has 2 heterocycles. The van der Waals surface area contributed by atoms with Crippen molar-refractivity contribution < 1.29 is 9.53 Å². The van der Waals surface area contributed by atoms with Gasteiger partial charge in [-0.3, -0.25) is 4.79 Å². The zero-order valence-electron chi connectivity index (χ0n) is 11.9. The lowest BCUT2D eigenvalue weighted by atomic mass is 9.80. The Labute approximate surface area is 124 Å². The van der Waals surface area contributed by atoms with Crippen LogP contribution in [0.2, 0.25) is 0 Å². The van der Waals surface area contributed by atoms with Gasteiger partial charge in [0.1, 0.15) is 0 Å². The molecule has 20 heavy (non-hydrogen) atoms. The van der Waals surface area contributed by atoms with E-state index in [0.29, 0.717) is 12.3 Å². The van der Waals surface area contributed by atoms with Crippen LogP contribution in [0.4, 0.5) is 5.69 Å². The number of thioether (sulfide) groups is 1. The van der Waals surface area contributed by atoms with Gasteiger partial charge in [-0.2, -0.15) is 11.8 Å². The Morgan fingerprint density at radius 2 is 2.35 bits per heavy atom. The molecule has 0 bridgehead atoms. The van der Waals surface area contributed by atoms with Crippen molar-refractivity contribution in [2.24, 2.45) is 5.92 Å². The second-order valence-electron chi connectivity index (χ2n) is 5.91. The van der Waals surface area contributed by atoms with Crippen LogP contribution in [0.1, 0.15) is 35.2 Å². The summed E-state index contributed by atoms with van der Waals surface area (Å²) in [6.07, 6.45) is 2.78. The minimum Gasteiger partial charge on any atom is -0.398 e. The van der Waals surface area contributed by atoms with Crippen LogP contribution >= 0.6 is 11.8 Å². The van der Waals surface area contributed by atoms with Gasteiger partial charge in [-0.25, -0.2) is 0 Å². The summed E-state index contributed by atoms with van der Waals surface area (Å²) in [5.74, 6) is 2.52. The highest BCUT2D eigenvalue weighted by molar-refractivity contribution is 7.99. The van der Waals surface area contributed by atoms with Crippen molar-refractivity contribution in [3.05, 3.63) is 29.3 Å². The van der Waals surface area contributed by atoms with E-state index in [-0.39, 0.29) is 17.3 Å². The third-order valence-electron chi connectivity index (χ3n) is 4.57. The molecule has 3 nitrogen and oxygen atoms in total. The molecule has 2 fully saturated rings. The van der Waals surface area contributed by atoms with Crippen molar-refractivity contribution in [3.8, 4) is 0 Å². The molecule has 1 aromatic rings. The van der Waals surface area contributed by atoms with Gasteiger partial charge in [-0.05, 0) is 43.6 Å². The van der Waals surface area contributed by atoms with Gasteiger partial charge in [0.15, 0.2) is 5.78 Å². The van der Waals surface area contributed by atoms with Crippen molar-refractivity contribution in [1.29, 1.82) is 0 Å². The number of carbonyl (C=O) groups is 1. The van der Waals surface area contributed by atoms with Crippen LogP contribution in [0, 0.1) is 12.8 Å². The zero-order chi connectivity index (χ0) is 14.2. The van der Waals surface area contributed by atoms with Crippen LogP contribution in [0.25, 0.3) is 0 Å². The van der Waals surface area contributed by atoms with E-state index in [1.54, 1.807) is 0 Å². The van der Waals surface area contributed by atoms with Gasteiger partial charge in [0.05, 0.1) is 5.60 Å². The highest BCUT2D eigenvalue weighted by Gasteiger charge is 2.42. The molecule has 0 saturated carbocycles. The molecule has 0 aliphatic carbocycles. The molecule has 0 amide bonds. The van der Waals surface area contributed by atoms with E-state index in [4.69, 9.17) is 10.5 Å². The van der Waals surface area contributed by atoms with Crippen LogP contribution in [0.3, 0.4) is 0 Å². The number of ether oxygens (including phenoxy) is 1. The molecule has 108 valence electrons. The highest BCUT2D eigenvalue weighted by atomic mass is 32.2. The van der Waals surface area contributed by atoms with Crippen LogP contribution in [0.15, 0.2) is 18.2 Å². The Morgan fingerprint density at radius 1 is 1.50 bits per heavy atom. The fourth-order valence-corrected chi connectivity index (χ4v) is 4.63. The van der Waals surface area contributed by atoms with Crippen molar-refractivity contribution in [2.75, 3.05) is 23.8 Å². The largest absolute Gasteiger partial charge is 0.398 e. The number of anilines is 1. The number of nitrogen functional groups attached to an aromatic ring is 1. The number of Topliss-reactive ketones (excluding diaryl/α,β-unsaturated/α-hetero) is 1. The maximum absolute atomic E-state index is 12.8. The number of rotatable bonds is 2. The summed E-state index contributed by atoms with van der Waals surface area (Å²) < 4.78 is 6.00. The molecule has 2 atom stereocenters. The number of ketones is 1. The number of benzene rings is 1. The van der Waals surface area contributed by atoms with Crippen molar-refractivity contribution in [3.63, 3.8) is 0 Å². The first-order valence-electron chi connectivity index (χ1n) is 7.22. The predicted molar refractivity (Wildman–Crippen MR) is 83.3 cm³/mol. The van der Waals surface area contributed by atoms with Gasteiger partial charge in [-0.15, -0.1) is 0 Å². The lowest BCUT2D eigenvalue weighted by Gasteiger charge is -2.37. The number of nitrogens with two attached hydrogens (primary N) is 1. The van der Waals surface area contributed by atoms with E-state index in [2.05, 4.69) is 0 Å². The molecular formula is C16H21NO2S. The van der Waals surface area contributed by atoms with Crippen LogP contribution in [-0.4, -0.2) is 29.5 Å². The lowest BCUT2D eigenvalue weighted by Crippen LogP contribution is -2.42. The minimum atomic E-state index is -0.0442. The third kappa shape index (κ3) is 2.47. The summed E-state index contributed by atoms with van der Waals surface area (Å²) in [6, 6.07) is 5.63. The van der Waals surface area contributed by atoms with E-state index in [1.807, 2.05) is 36.9 Å². The molecule has 2 unspecified atom stereocenters. The fraction of sp³-hybridized carbons (Fsp3) is 0.562. The molecular weight excluding hydrogens is 270 g/mol. The lowest BCUT2D eigenvalue weighted by molar-refractivity contribution is -0.0734. The van der Waals surface area contributed by atoms with Crippen molar-refractivity contribution in [1.82, 2.24) is 0 Å². The molecule has 0 radical (unpaired) electrons. The topological polar surface area (TPSA) is 52.3 Å². The summed E-state index contributed by atoms with van der Waals surface area (Å²) in [7, 11) is 0. The smallest absolute Gasteiger partial charge is 0.166 e. The van der Waals surface area contributed by atoms with Crippen LogP contribution in [0.5, 0.6) is 0 Å². The average Bonchev–Trinajstić information content (AvgIpc) is 2.89. The Balaban J connectivity index is 1.81. The summed E-state index contributed by atoms with van der Waals surface area (Å²) >= 11 is 1.94. The van der Waals surface area contributed by atoms with E-state index in [0.717, 1.165) is 41.9 Å². The second-order valence-corrected chi connectivity index (χ2v) is 7.01.